The van der Waals surface area contributed by atoms with E-state index in [9.17, 15) is 14.0 Å². The maximum atomic E-state index is 13.6. The molecule has 0 unspecified atom stereocenters. The van der Waals surface area contributed by atoms with E-state index in [0.717, 1.165) is 10.0 Å². The molecule has 0 saturated heterocycles. The van der Waals surface area contributed by atoms with Crippen molar-refractivity contribution in [2.24, 2.45) is 5.10 Å². The number of nitrogens with zero attached hydrogens (tertiary/aromatic N) is 1. The maximum absolute atomic E-state index is 13.6. The first kappa shape index (κ1) is 22.2. The third-order valence-electron chi connectivity index (χ3n) is 4.13. The molecule has 0 atom stereocenters. The normalized spacial score (nSPS) is 10.6. The molecule has 0 aliphatic carbocycles. The molecule has 8 heteroatoms. The number of carbonyl (C=O) groups excluding carboxylic acids is 2. The Bertz CT molecular complexity index is 1090. The van der Waals surface area contributed by atoms with Gasteiger partial charge < -0.3 is 10.1 Å². The molecule has 0 aliphatic rings. The molecule has 0 radical (unpaired) electrons. The number of nitrogens with one attached hydrogen (secondary N) is 2. The second-order valence-electron chi connectivity index (χ2n) is 6.41. The first-order valence-corrected chi connectivity index (χ1v) is 10.1. The van der Waals surface area contributed by atoms with E-state index in [4.69, 9.17) is 4.74 Å². The highest BCUT2D eigenvalue weighted by molar-refractivity contribution is 9.10. The Morgan fingerprint density at radius 2 is 1.77 bits per heavy atom. The van der Waals surface area contributed by atoms with Gasteiger partial charge in [0.25, 0.3) is 11.8 Å². The van der Waals surface area contributed by atoms with Gasteiger partial charge in [-0.3, -0.25) is 9.59 Å². The number of hydrazone groups is 1. The van der Waals surface area contributed by atoms with Gasteiger partial charge in [-0.1, -0.05) is 58.4 Å². The molecular formula is C23H19BrFN3O3. The highest BCUT2D eigenvalue weighted by Crippen LogP contribution is 2.22. The van der Waals surface area contributed by atoms with Gasteiger partial charge in [-0.25, -0.2) is 9.82 Å². The highest BCUT2D eigenvalue weighted by atomic mass is 79.9. The van der Waals surface area contributed by atoms with Crippen LogP contribution in [0, 0.1) is 5.82 Å². The molecule has 2 amide bonds. The van der Waals surface area contributed by atoms with Crippen LogP contribution in [0.5, 0.6) is 5.75 Å². The molecule has 0 bridgehead atoms. The smallest absolute Gasteiger partial charge is 0.259 e. The van der Waals surface area contributed by atoms with E-state index in [1.807, 2.05) is 36.4 Å². The number of ether oxygens (including phenoxy) is 1. The van der Waals surface area contributed by atoms with E-state index in [0.29, 0.717) is 17.9 Å². The zero-order valence-corrected chi connectivity index (χ0v) is 17.9. The summed E-state index contributed by atoms with van der Waals surface area (Å²) in [6, 6.07) is 20.7. The fraction of sp³-hybridized carbons (Fsp3) is 0.0870. The van der Waals surface area contributed by atoms with E-state index in [1.165, 1.54) is 30.5 Å². The van der Waals surface area contributed by atoms with Crippen LogP contribution in [0.1, 0.15) is 21.5 Å². The second-order valence-corrected chi connectivity index (χ2v) is 7.33. The summed E-state index contributed by atoms with van der Waals surface area (Å²) in [6.07, 6.45) is 1.45. The van der Waals surface area contributed by atoms with Crippen molar-refractivity contribution in [1.29, 1.82) is 0 Å². The van der Waals surface area contributed by atoms with E-state index in [2.05, 4.69) is 31.8 Å². The first-order chi connectivity index (χ1) is 15.0. The average Bonchev–Trinajstić information content (AvgIpc) is 2.78. The molecule has 2 N–H and O–H groups in total. The van der Waals surface area contributed by atoms with Gasteiger partial charge in [0.1, 0.15) is 18.2 Å². The minimum atomic E-state index is -0.680. The Morgan fingerprint density at radius 1 is 1.03 bits per heavy atom. The number of amides is 2. The summed E-state index contributed by atoms with van der Waals surface area (Å²) in [5.74, 6) is -1.29. The third kappa shape index (κ3) is 6.75. The molecule has 3 aromatic carbocycles. The second kappa shape index (κ2) is 11.0. The first-order valence-electron chi connectivity index (χ1n) is 9.34. The van der Waals surface area contributed by atoms with Crippen LogP contribution in [-0.2, 0) is 11.4 Å². The molecule has 0 aromatic heterocycles. The van der Waals surface area contributed by atoms with Crippen LogP contribution < -0.4 is 15.5 Å². The summed E-state index contributed by atoms with van der Waals surface area (Å²) >= 11 is 3.40. The van der Waals surface area contributed by atoms with Gasteiger partial charge in [-0.05, 0) is 35.9 Å². The monoisotopic (exact) mass is 483 g/mol. The highest BCUT2D eigenvalue weighted by Gasteiger charge is 2.11. The van der Waals surface area contributed by atoms with Gasteiger partial charge in [0.2, 0.25) is 0 Å². The van der Waals surface area contributed by atoms with E-state index < -0.39 is 17.6 Å². The van der Waals surface area contributed by atoms with Gasteiger partial charge in [0.15, 0.2) is 0 Å². The van der Waals surface area contributed by atoms with Crippen molar-refractivity contribution < 1.29 is 18.7 Å². The Balaban J connectivity index is 1.55. The Morgan fingerprint density at radius 3 is 2.55 bits per heavy atom. The lowest BCUT2D eigenvalue weighted by Crippen LogP contribution is -2.35. The predicted octanol–water partition coefficient (Wildman–Crippen LogP) is 4.05. The Kier molecular flexibility index (Phi) is 7.89. The van der Waals surface area contributed by atoms with Crippen LogP contribution in [0.25, 0.3) is 0 Å². The minimum Gasteiger partial charge on any atom is -0.488 e. The van der Waals surface area contributed by atoms with Crippen molar-refractivity contribution in [3.8, 4) is 5.75 Å². The number of hydrogen-bond acceptors (Lipinski definition) is 4. The molecule has 0 saturated carbocycles. The van der Waals surface area contributed by atoms with E-state index in [1.54, 1.807) is 12.1 Å². The lowest BCUT2D eigenvalue weighted by molar-refractivity contribution is -0.120. The number of benzene rings is 3. The van der Waals surface area contributed by atoms with Crippen LogP contribution in [0.15, 0.2) is 82.4 Å². The van der Waals surface area contributed by atoms with Gasteiger partial charge in [0, 0.05) is 10.0 Å². The van der Waals surface area contributed by atoms with Gasteiger partial charge in [-0.2, -0.15) is 5.10 Å². The van der Waals surface area contributed by atoms with Crippen LogP contribution in [0.2, 0.25) is 0 Å². The molecule has 3 aromatic rings. The summed E-state index contributed by atoms with van der Waals surface area (Å²) < 4.78 is 20.3. The molecule has 0 aliphatic heterocycles. The summed E-state index contributed by atoms with van der Waals surface area (Å²) in [4.78, 5) is 23.9. The van der Waals surface area contributed by atoms with Gasteiger partial charge in [0.05, 0.1) is 18.3 Å². The molecule has 3 rings (SSSR count). The zero-order valence-electron chi connectivity index (χ0n) is 16.3. The predicted molar refractivity (Wildman–Crippen MR) is 119 cm³/mol. The molecule has 0 fully saturated rings. The molecular weight excluding hydrogens is 465 g/mol. The number of carbonyl (C=O) groups is 2. The Hall–Kier alpha value is -3.52. The molecule has 158 valence electrons. The van der Waals surface area contributed by atoms with Crippen molar-refractivity contribution in [3.05, 3.63) is 99.8 Å². The van der Waals surface area contributed by atoms with Gasteiger partial charge >= 0.3 is 0 Å². The molecule has 31 heavy (non-hydrogen) atoms. The van der Waals surface area contributed by atoms with Crippen molar-refractivity contribution in [3.63, 3.8) is 0 Å². The largest absolute Gasteiger partial charge is 0.488 e. The zero-order chi connectivity index (χ0) is 22.1. The van der Waals surface area contributed by atoms with Crippen molar-refractivity contribution in [1.82, 2.24) is 10.7 Å². The number of halogens is 2. The minimum absolute atomic E-state index is 0.131. The number of hydrogen-bond donors (Lipinski definition) is 2. The fourth-order valence-electron chi connectivity index (χ4n) is 2.60. The standard InChI is InChI=1S/C23H19BrFN3O3/c24-18-10-11-21(31-15-16-6-2-1-3-7-16)17(12-18)13-27-28-22(29)14-26-23(30)19-8-4-5-9-20(19)25/h1-13H,14-15H2,(H,26,30)(H,28,29). The third-order valence-corrected chi connectivity index (χ3v) is 4.62. The van der Waals surface area contributed by atoms with Crippen molar-refractivity contribution in [2.75, 3.05) is 6.54 Å². The average molecular weight is 484 g/mol. The van der Waals surface area contributed by atoms with E-state index >= 15 is 0 Å². The molecule has 6 nitrogen and oxygen atoms in total. The lowest BCUT2D eigenvalue weighted by Gasteiger charge is -2.10. The van der Waals surface area contributed by atoms with Crippen molar-refractivity contribution in [2.45, 2.75) is 6.61 Å². The number of rotatable bonds is 8. The van der Waals surface area contributed by atoms with E-state index in [-0.39, 0.29) is 12.1 Å². The molecule has 0 heterocycles. The quantitative estimate of drug-likeness (QED) is 0.374. The lowest BCUT2D eigenvalue weighted by atomic mass is 10.2. The van der Waals surface area contributed by atoms with Crippen LogP contribution in [0.4, 0.5) is 4.39 Å². The summed E-state index contributed by atoms with van der Waals surface area (Å²) in [7, 11) is 0. The van der Waals surface area contributed by atoms with Crippen LogP contribution in [-0.4, -0.2) is 24.6 Å². The summed E-state index contributed by atoms with van der Waals surface area (Å²) in [5.41, 5.74) is 3.87. The maximum Gasteiger partial charge on any atom is 0.259 e. The summed E-state index contributed by atoms with van der Waals surface area (Å²) in [6.45, 7) is 0.0398. The van der Waals surface area contributed by atoms with Crippen LogP contribution in [0.3, 0.4) is 0 Å². The summed E-state index contributed by atoms with van der Waals surface area (Å²) in [5, 5.41) is 6.27. The van der Waals surface area contributed by atoms with Crippen LogP contribution >= 0.6 is 15.9 Å². The molecule has 0 spiro atoms. The van der Waals surface area contributed by atoms with Gasteiger partial charge in [-0.15, -0.1) is 0 Å². The Labute approximate surface area is 187 Å². The SMILES string of the molecule is O=C(CNC(=O)c1ccccc1F)NN=Cc1cc(Br)ccc1OCc1ccccc1. The topological polar surface area (TPSA) is 79.8 Å². The fourth-order valence-corrected chi connectivity index (χ4v) is 2.98. The van der Waals surface area contributed by atoms with Crippen molar-refractivity contribution >= 4 is 34.0 Å².